The Bertz CT molecular complexity index is 278. The van der Waals surface area contributed by atoms with Gasteiger partial charge in [0.1, 0.15) is 5.82 Å². The summed E-state index contributed by atoms with van der Waals surface area (Å²) in [4.78, 5) is 0. The summed E-state index contributed by atoms with van der Waals surface area (Å²) in [5.74, 6) is 0.0999. The van der Waals surface area contributed by atoms with E-state index in [9.17, 15) is 4.39 Å². The molecule has 90 valence electrons. The lowest BCUT2D eigenvalue weighted by molar-refractivity contribution is 0.131. The minimum atomic E-state index is -0.192. The molecule has 1 N–H and O–H groups in total. The van der Waals surface area contributed by atoms with Crippen molar-refractivity contribution in [2.45, 2.75) is 19.8 Å². The van der Waals surface area contributed by atoms with Crippen LogP contribution in [-0.4, -0.2) is 26.3 Å². The van der Waals surface area contributed by atoms with Crippen molar-refractivity contribution in [2.24, 2.45) is 0 Å². The van der Waals surface area contributed by atoms with E-state index in [0.29, 0.717) is 19.1 Å². The molecule has 0 saturated heterocycles. The van der Waals surface area contributed by atoms with Crippen molar-refractivity contribution in [3.05, 3.63) is 35.6 Å². The average molecular weight is 225 g/mol. The molecule has 0 aliphatic heterocycles. The van der Waals surface area contributed by atoms with E-state index in [1.54, 1.807) is 0 Å². The van der Waals surface area contributed by atoms with Crippen LogP contribution in [0.25, 0.3) is 0 Å². The fourth-order valence-corrected chi connectivity index (χ4v) is 1.59. The average Bonchev–Trinajstić information content (AvgIpc) is 2.31. The standard InChI is InChI=1S/C13H20FNO/c1-3-15-9-12(10-16-4-2)11-5-7-13(14)8-6-11/h5-8,12,15H,3-4,9-10H2,1-2H3. The van der Waals surface area contributed by atoms with Crippen LogP contribution in [0.5, 0.6) is 0 Å². The third kappa shape index (κ3) is 4.29. The largest absolute Gasteiger partial charge is 0.381 e. The van der Waals surface area contributed by atoms with Gasteiger partial charge in [-0.25, -0.2) is 4.39 Å². The molecule has 0 aliphatic rings. The molecule has 0 radical (unpaired) electrons. The van der Waals surface area contributed by atoms with Gasteiger partial charge in [0.2, 0.25) is 0 Å². The molecule has 0 spiro atoms. The third-order valence-electron chi connectivity index (χ3n) is 2.51. The first-order valence-electron chi connectivity index (χ1n) is 5.81. The lowest BCUT2D eigenvalue weighted by Gasteiger charge is -2.17. The first-order chi connectivity index (χ1) is 7.77. The predicted molar refractivity (Wildman–Crippen MR) is 64.2 cm³/mol. The second-order valence-electron chi connectivity index (χ2n) is 3.72. The fourth-order valence-electron chi connectivity index (χ4n) is 1.59. The van der Waals surface area contributed by atoms with Crippen molar-refractivity contribution < 1.29 is 9.13 Å². The maximum absolute atomic E-state index is 12.8. The molecule has 1 aromatic carbocycles. The van der Waals surface area contributed by atoms with Crippen molar-refractivity contribution in [1.29, 1.82) is 0 Å². The minimum Gasteiger partial charge on any atom is -0.381 e. The first-order valence-corrected chi connectivity index (χ1v) is 5.81. The van der Waals surface area contributed by atoms with Crippen LogP contribution in [0, 0.1) is 5.82 Å². The predicted octanol–water partition coefficient (Wildman–Crippen LogP) is 2.56. The molecule has 0 heterocycles. The summed E-state index contributed by atoms with van der Waals surface area (Å²) in [5, 5.41) is 3.30. The van der Waals surface area contributed by atoms with Crippen molar-refractivity contribution in [2.75, 3.05) is 26.3 Å². The molecule has 16 heavy (non-hydrogen) atoms. The Balaban J connectivity index is 2.62. The molecule has 0 aliphatic carbocycles. The van der Waals surface area contributed by atoms with Crippen molar-refractivity contribution in [3.8, 4) is 0 Å². The SMILES string of the molecule is CCNCC(COCC)c1ccc(F)cc1. The van der Waals surface area contributed by atoms with E-state index >= 15 is 0 Å². The highest BCUT2D eigenvalue weighted by atomic mass is 19.1. The van der Waals surface area contributed by atoms with E-state index < -0.39 is 0 Å². The van der Waals surface area contributed by atoms with Crippen LogP contribution in [0.2, 0.25) is 0 Å². The van der Waals surface area contributed by atoms with E-state index in [2.05, 4.69) is 12.2 Å². The Morgan fingerprint density at radius 2 is 1.94 bits per heavy atom. The minimum absolute atomic E-state index is 0.192. The summed E-state index contributed by atoms with van der Waals surface area (Å²) < 4.78 is 18.3. The van der Waals surface area contributed by atoms with Crippen LogP contribution in [0.15, 0.2) is 24.3 Å². The Morgan fingerprint density at radius 3 is 2.50 bits per heavy atom. The van der Waals surface area contributed by atoms with Crippen molar-refractivity contribution in [3.63, 3.8) is 0 Å². The van der Waals surface area contributed by atoms with Gasteiger partial charge in [-0.1, -0.05) is 19.1 Å². The molecule has 0 aromatic heterocycles. The quantitative estimate of drug-likeness (QED) is 0.770. The van der Waals surface area contributed by atoms with Gasteiger partial charge in [-0.2, -0.15) is 0 Å². The number of rotatable bonds is 7. The van der Waals surface area contributed by atoms with Crippen LogP contribution >= 0.6 is 0 Å². The number of halogens is 1. The summed E-state index contributed by atoms with van der Waals surface area (Å²) in [7, 11) is 0. The van der Waals surface area contributed by atoms with E-state index in [0.717, 1.165) is 18.7 Å². The van der Waals surface area contributed by atoms with E-state index in [4.69, 9.17) is 4.74 Å². The molecule has 1 aromatic rings. The molecule has 0 fully saturated rings. The van der Waals surface area contributed by atoms with Crippen molar-refractivity contribution in [1.82, 2.24) is 5.32 Å². The Kier molecular flexibility index (Phi) is 6.04. The van der Waals surface area contributed by atoms with Gasteiger partial charge in [0.15, 0.2) is 0 Å². The zero-order valence-electron chi connectivity index (χ0n) is 10.0. The Morgan fingerprint density at radius 1 is 1.25 bits per heavy atom. The summed E-state index contributed by atoms with van der Waals surface area (Å²) in [6.07, 6.45) is 0. The number of benzene rings is 1. The van der Waals surface area contributed by atoms with Gasteiger partial charge in [0.25, 0.3) is 0 Å². The highest BCUT2D eigenvalue weighted by Crippen LogP contribution is 2.16. The van der Waals surface area contributed by atoms with Gasteiger partial charge in [-0.3, -0.25) is 0 Å². The Labute approximate surface area is 96.8 Å². The highest BCUT2D eigenvalue weighted by Gasteiger charge is 2.10. The zero-order valence-corrected chi connectivity index (χ0v) is 10.0. The third-order valence-corrected chi connectivity index (χ3v) is 2.51. The smallest absolute Gasteiger partial charge is 0.123 e. The Hall–Kier alpha value is -0.930. The van der Waals surface area contributed by atoms with Gasteiger partial charge >= 0.3 is 0 Å². The lowest BCUT2D eigenvalue weighted by atomic mass is 10.00. The van der Waals surface area contributed by atoms with Crippen LogP contribution in [0.3, 0.4) is 0 Å². The molecule has 1 atom stereocenters. The molecular formula is C13H20FNO. The molecule has 1 unspecified atom stereocenters. The normalized spacial score (nSPS) is 12.7. The molecule has 0 bridgehead atoms. The summed E-state index contributed by atoms with van der Waals surface area (Å²) in [6, 6.07) is 6.66. The highest BCUT2D eigenvalue weighted by molar-refractivity contribution is 5.21. The van der Waals surface area contributed by atoms with Crippen LogP contribution < -0.4 is 5.32 Å². The molecule has 0 amide bonds. The zero-order chi connectivity index (χ0) is 11.8. The number of nitrogens with one attached hydrogen (secondary N) is 1. The van der Waals surface area contributed by atoms with E-state index in [1.165, 1.54) is 12.1 Å². The lowest BCUT2D eigenvalue weighted by Crippen LogP contribution is -2.24. The maximum Gasteiger partial charge on any atom is 0.123 e. The summed E-state index contributed by atoms with van der Waals surface area (Å²) in [5.41, 5.74) is 1.12. The maximum atomic E-state index is 12.8. The number of hydrogen-bond acceptors (Lipinski definition) is 2. The molecule has 2 nitrogen and oxygen atoms in total. The molecule has 0 saturated carbocycles. The first kappa shape index (κ1) is 13.1. The summed E-state index contributed by atoms with van der Waals surface area (Å²) >= 11 is 0. The number of ether oxygens (including phenoxy) is 1. The monoisotopic (exact) mass is 225 g/mol. The fraction of sp³-hybridized carbons (Fsp3) is 0.538. The van der Waals surface area contributed by atoms with E-state index in [1.807, 2.05) is 19.1 Å². The van der Waals surface area contributed by atoms with Gasteiger partial charge in [-0.05, 0) is 31.2 Å². The molecular weight excluding hydrogens is 205 g/mol. The van der Waals surface area contributed by atoms with Crippen LogP contribution in [0.4, 0.5) is 4.39 Å². The number of hydrogen-bond donors (Lipinski definition) is 1. The molecule has 1 rings (SSSR count). The van der Waals surface area contributed by atoms with Gasteiger partial charge < -0.3 is 10.1 Å². The van der Waals surface area contributed by atoms with Gasteiger partial charge in [0, 0.05) is 19.1 Å². The topological polar surface area (TPSA) is 21.3 Å². The second kappa shape index (κ2) is 7.36. The summed E-state index contributed by atoms with van der Waals surface area (Å²) in [6.45, 7) is 7.24. The van der Waals surface area contributed by atoms with Gasteiger partial charge in [-0.15, -0.1) is 0 Å². The van der Waals surface area contributed by atoms with Crippen LogP contribution in [-0.2, 0) is 4.74 Å². The second-order valence-corrected chi connectivity index (χ2v) is 3.72. The van der Waals surface area contributed by atoms with Crippen molar-refractivity contribution >= 4 is 0 Å². The number of likely N-dealkylation sites (N-methyl/N-ethyl adjacent to an activating group) is 1. The van der Waals surface area contributed by atoms with Gasteiger partial charge in [0.05, 0.1) is 6.61 Å². The molecule has 3 heteroatoms. The van der Waals surface area contributed by atoms with E-state index in [-0.39, 0.29) is 5.82 Å². The van der Waals surface area contributed by atoms with Crippen LogP contribution in [0.1, 0.15) is 25.3 Å².